The van der Waals surface area contributed by atoms with E-state index in [0.29, 0.717) is 12.1 Å². The summed E-state index contributed by atoms with van der Waals surface area (Å²) in [5.41, 5.74) is 4.22. The number of benzene rings is 2. The molecule has 3 aromatic rings. The highest BCUT2D eigenvalue weighted by molar-refractivity contribution is 6.25. The quantitative estimate of drug-likeness (QED) is 0.632. The Hall–Kier alpha value is -2.72. The van der Waals surface area contributed by atoms with E-state index >= 15 is 0 Å². The molecule has 4 nitrogen and oxygen atoms in total. The zero-order valence-electron chi connectivity index (χ0n) is 12.8. The minimum atomic E-state index is 0.0527. The van der Waals surface area contributed by atoms with E-state index in [-0.39, 0.29) is 12.4 Å². The number of pyridine rings is 1. The topological polar surface area (TPSA) is 53.4 Å². The predicted molar refractivity (Wildman–Crippen MR) is 91.0 cm³/mol. The van der Waals surface area contributed by atoms with Crippen LogP contribution in [0.1, 0.15) is 15.9 Å². The molecule has 0 unspecified atom stereocenters. The van der Waals surface area contributed by atoms with E-state index in [2.05, 4.69) is 4.98 Å². The molecule has 114 valence electrons. The number of rotatable bonds is 3. The molecule has 0 atom stereocenters. The van der Waals surface area contributed by atoms with Gasteiger partial charge in [-0.2, -0.15) is 0 Å². The fraction of sp³-hybridized carbons (Fsp3) is 0.158. The van der Waals surface area contributed by atoms with Gasteiger partial charge in [0.05, 0.1) is 12.1 Å². The number of hydrogen-bond donors (Lipinski definition) is 1. The van der Waals surface area contributed by atoms with Gasteiger partial charge in [-0.25, -0.2) is 4.98 Å². The largest absolute Gasteiger partial charge is 0.395 e. The summed E-state index contributed by atoms with van der Waals surface area (Å²) in [5, 5.41) is 10.1. The summed E-state index contributed by atoms with van der Waals surface area (Å²) in [7, 11) is 1.90. The van der Waals surface area contributed by atoms with Crippen molar-refractivity contribution in [2.45, 2.75) is 0 Å². The first-order chi connectivity index (χ1) is 11.2. The van der Waals surface area contributed by atoms with E-state index in [1.165, 1.54) is 0 Å². The zero-order valence-corrected chi connectivity index (χ0v) is 12.8. The van der Waals surface area contributed by atoms with Crippen molar-refractivity contribution in [3.05, 3.63) is 59.7 Å². The number of hydrogen-bond acceptors (Lipinski definition) is 4. The number of aromatic nitrogens is 1. The van der Waals surface area contributed by atoms with Gasteiger partial charge >= 0.3 is 0 Å². The summed E-state index contributed by atoms with van der Waals surface area (Å²) in [4.78, 5) is 19.3. The van der Waals surface area contributed by atoms with E-state index in [9.17, 15) is 9.90 Å². The van der Waals surface area contributed by atoms with Crippen LogP contribution in [0.15, 0.2) is 48.5 Å². The Bertz CT molecular complexity index is 934. The van der Waals surface area contributed by atoms with Crippen LogP contribution in [0.25, 0.3) is 22.0 Å². The Kier molecular flexibility index (Phi) is 3.13. The van der Waals surface area contributed by atoms with Gasteiger partial charge in [0, 0.05) is 30.1 Å². The van der Waals surface area contributed by atoms with Crippen molar-refractivity contribution in [1.29, 1.82) is 0 Å². The normalized spacial score (nSPS) is 12.3. The highest BCUT2D eigenvalue weighted by Gasteiger charge is 2.26. The molecule has 4 heteroatoms. The molecular weight excluding hydrogens is 288 g/mol. The number of carbonyl (C=O) groups is 1. The van der Waals surface area contributed by atoms with Crippen molar-refractivity contribution in [1.82, 2.24) is 4.98 Å². The van der Waals surface area contributed by atoms with Crippen molar-refractivity contribution in [2.24, 2.45) is 0 Å². The second-order valence-corrected chi connectivity index (χ2v) is 5.75. The second-order valence-electron chi connectivity index (χ2n) is 5.75. The first kappa shape index (κ1) is 13.9. The Balaban J connectivity index is 2.07. The standard InChI is InChI=1S/C19H16N2O2/c1-21(9-10-22)17-11-15-12-5-2-3-6-13(12)19(23)14-7-4-8-16(20-17)18(14)15/h2-8,11,22H,9-10H2,1H3. The zero-order chi connectivity index (χ0) is 16.0. The molecule has 0 radical (unpaired) electrons. The van der Waals surface area contributed by atoms with Gasteiger partial charge in [-0.3, -0.25) is 4.79 Å². The lowest BCUT2D eigenvalue weighted by Crippen LogP contribution is -2.22. The number of nitrogens with zero attached hydrogens (tertiary/aromatic N) is 2. The molecule has 0 saturated heterocycles. The number of ketones is 1. The number of carbonyl (C=O) groups excluding carboxylic acids is 1. The Morgan fingerprint density at radius 1 is 1.00 bits per heavy atom. The molecule has 4 rings (SSSR count). The maximum atomic E-state index is 12.7. The maximum Gasteiger partial charge on any atom is 0.194 e. The third kappa shape index (κ3) is 2.03. The molecule has 1 aliphatic carbocycles. The minimum absolute atomic E-state index is 0.0527. The van der Waals surface area contributed by atoms with Gasteiger partial charge in [0.2, 0.25) is 0 Å². The van der Waals surface area contributed by atoms with Crippen LogP contribution in [0.4, 0.5) is 5.82 Å². The minimum Gasteiger partial charge on any atom is -0.395 e. The second kappa shape index (κ2) is 5.18. The van der Waals surface area contributed by atoms with E-state index in [4.69, 9.17) is 0 Å². The molecule has 1 heterocycles. The monoisotopic (exact) mass is 304 g/mol. The van der Waals surface area contributed by atoms with Gasteiger partial charge < -0.3 is 10.0 Å². The van der Waals surface area contributed by atoms with E-state index in [1.807, 2.05) is 60.5 Å². The maximum absolute atomic E-state index is 12.7. The Morgan fingerprint density at radius 2 is 1.74 bits per heavy atom. The molecule has 23 heavy (non-hydrogen) atoms. The highest BCUT2D eigenvalue weighted by atomic mass is 16.3. The molecule has 0 aliphatic heterocycles. The van der Waals surface area contributed by atoms with Crippen LogP contribution >= 0.6 is 0 Å². The smallest absolute Gasteiger partial charge is 0.194 e. The van der Waals surface area contributed by atoms with Crippen LogP contribution in [0, 0.1) is 0 Å². The van der Waals surface area contributed by atoms with Crippen molar-refractivity contribution in [2.75, 3.05) is 25.1 Å². The first-order valence-electron chi connectivity index (χ1n) is 7.60. The Labute approximate surface area is 134 Å². The Morgan fingerprint density at radius 3 is 2.52 bits per heavy atom. The SMILES string of the molecule is CN(CCO)c1cc2c3c(cccc3n1)C(=O)c1ccccc1-2. The molecule has 1 aromatic heterocycles. The number of aliphatic hydroxyl groups excluding tert-OH is 1. The van der Waals surface area contributed by atoms with E-state index < -0.39 is 0 Å². The van der Waals surface area contributed by atoms with Gasteiger partial charge in [-0.05, 0) is 23.3 Å². The summed E-state index contributed by atoms with van der Waals surface area (Å²) in [5.74, 6) is 0.847. The van der Waals surface area contributed by atoms with Gasteiger partial charge in [-0.1, -0.05) is 36.4 Å². The van der Waals surface area contributed by atoms with Crippen LogP contribution in [0.3, 0.4) is 0 Å². The molecule has 0 fully saturated rings. The summed E-state index contributed by atoms with van der Waals surface area (Å²) in [6, 6.07) is 15.4. The fourth-order valence-electron chi connectivity index (χ4n) is 3.20. The molecule has 0 bridgehead atoms. The molecule has 1 aliphatic rings. The van der Waals surface area contributed by atoms with Crippen LogP contribution in [-0.2, 0) is 0 Å². The molecule has 2 aromatic carbocycles. The van der Waals surface area contributed by atoms with E-state index in [1.54, 1.807) is 0 Å². The summed E-state index contributed by atoms with van der Waals surface area (Å²) in [6.07, 6.45) is 0. The summed E-state index contributed by atoms with van der Waals surface area (Å²) >= 11 is 0. The van der Waals surface area contributed by atoms with Crippen molar-refractivity contribution < 1.29 is 9.90 Å². The number of aliphatic hydroxyl groups is 1. The molecule has 0 amide bonds. The molecule has 0 spiro atoms. The van der Waals surface area contributed by atoms with Gasteiger partial charge in [0.1, 0.15) is 5.82 Å². The average Bonchev–Trinajstić information content (AvgIpc) is 2.59. The predicted octanol–water partition coefficient (Wildman–Crippen LogP) is 2.87. The lowest BCUT2D eigenvalue weighted by molar-refractivity contribution is 0.104. The molecule has 1 N–H and O–H groups in total. The molecule has 0 saturated carbocycles. The van der Waals surface area contributed by atoms with Gasteiger partial charge in [0.15, 0.2) is 5.78 Å². The molecular formula is C19H16N2O2. The van der Waals surface area contributed by atoms with Gasteiger partial charge in [0.25, 0.3) is 0 Å². The number of anilines is 1. The highest BCUT2D eigenvalue weighted by Crippen LogP contribution is 2.40. The average molecular weight is 304 g/mol. The van der Waals surface area contributed by atoms with Gasteiger partial charge in [-0.15, -0.1) is 0 Å². The van der Waals surface area contributed by atoms with Crippen molar-refractivity contribution in [3.8, 4) is 11.1 Å². The lowest BCUT2D eigenvalue weighted by Gasteiger charge is -2.23. The van der Waals surface area contributed by atoms with Crippen LogP contribution < -0.4 is 4.90 Å². The van der Waals surface area contributed by atoms with Crippen molar-refractivity contribution >= 4 is 22.5 Å². The number of fused-ring (bicyclic) bond motifs is 2. The lowest BCUT2D eigenvalue weighted by atomic mass is 9.84. The number of likely N-dealkylation sites (N-methyl/N-ethyl adjacent to an activating group) is 1. The summed E-state index contributed by atoms with van der Waals surface area (Å²) in [6.45, 7) is 0.582. The van der Waals surface area contributed by atoms with Crippen LogP contribution in [-0.4, -0.2) is 36.1 Å². The fourth-order valence-corrected chi connectivity index (χ4v) is 3.20. The van der Waals surface area contributed by atoms with E-state index in [0.717, 1.165) is 33.4 Å². The third-order valence-corrected chi connectivity index (χ3v) is 4.35. The third-order valence-electron chi connectivity index (χ3n) is 4.35. The summed E-state index contributed by atoms with van der Waals surface area (Å²) < 4.78 is 0. The van der Waals surface area contributed by atoms with Crippen LogP contribution in [0.5, 0.6) is 0 Å². The first-order valence-corrected chi connectivity index (χ1v) is 7.60. The van der Waals surface area contributed by atoms with Crippen molar-refractivity contribution in [3.63, 3.8) is 0 Å². The van der Waals surface area contributed by atoms with Crippen LogP contribution in [0.2, 0.25) is 0 Å².